The Morgan fingerprint density at radius 1 is 0.333 bits per heavy atom. The third-order valence-electron chi connectivity index (χ3n) is 11.2. The lowest BCUT2D eigenvalue weighted by Gasteiger charge is -2.16. The number of para-hydroxylation sites is 3. The highest BCUT2D eigenvalue weighted by molar-refractivity contribution is 6.24. The van der Waals surface area contributed by atoms with Crippen molar-refractivity contribution in [3.05, 3.63) is 182 Å². The first kappa shape index (κ1) is 29.3. The van der Waals surface area contributed by atoms with E-state index in [4.69, 9.17) is 9.97 Å². The Balaban J connectivity index is 1.30. The smallest absolute Gasteiger partial charge is 0.165 e. The fraction of sp³-hybridized carbons (Fsp3) is 0. The number of nitrogens with zero attached hydrogens (tertiary/aromatic N) is 4. The zero-order valence-corrected chi connectivity index (χ0v) is 29.1. The van der Waals surface area contributed by atoms with Crippen molar-refractivity contribution >= 4 is 87.0 Å². The van der Waals surface area contributed by atoms with E-state index in [9.17, 15) is 0 Å². The number of hydrogen-bond acceptors (Lipinski definition) is 2. The van der Waals surface area contributed by atoms with Crippen LogP contribution in [0.2, 0.25) is 0 Å². The maximum Gasteiger partial charge on any atom is 0.165 e. The molecule has 4 nitrogen and oxygen atoms in total. The molecule has 12 rings (SSSR count). The first-order valence-electron chi connectivity index (χ1n) is 18.4. The maximum absolute atomic E-state index is 5.47. The van der Waals surface area contributed by atoms with Gasteiger partial charge in [-0.3, -0.25) is 4.57 Å². The van der Waals surface area contributed by atoms with Crippen LogP contribution in [-0.2, 0) is 0 Å². The lowest BCUT2D eigenvalue weighted by molar-refractivity contribution is 1.08. The van der Waals surface area contributed by atoms with E-state index in [2.05, 4.69) is 179 Å². The third kappa shape index (κ3) is 4.08. The predicted molar refractivity (Wildman–Crippen MR) is 226 cm³/mol. The third-order valence-corrected chi connectivity index (χ3v) is 11.2. The van der Waals surface area contributed by atoms with Gasteiger partial charge in [0.15, 0.2) is 5.82 Å². The van der Waals surface area contributed by atoms with Gasteiger partial charge in [0.1, 0.15) is 5.69 Å². The van der Waals surface area contributed by atoms with Gasteiger partial charge in [0.05, 0.1) is 38.8 Å². The van der Waals surface area contributed by atoms with Crippen LogP contribution in [0, 0.1) is 0 Å². The van der Waals surface area contributed by atoms with E-state index in [-0.39, 0.29) is 0 Å². The Morgan fingerprint density at radius 2 is 0.944 bits per heavy atom. The molecule has 12 aromatic rings. The minimum atomic E-state index is 0.814. The molecule has 0 bridgehead atoms. The second-order valence-electron chi connectivity index (χ2n) is 14.2. The van der Waals surface area contributed by atoms with Crippen LogP contribution in [0.3, 0.4) is 0 Å². The van der Waals surface area contributed by atoms with Gasteiger partial charge in [0.2, 0.25) is 0 Å². The van der Waals surface area contributed by atoms with Crippen LogP contribution in [0.5, 0.6) is 0 Å². The van der Waals surface area contributed by atoms with Gasteiger partial charge >= 0.3 is 0 Å². The summed E-state index contributed by atoms with van der Waals surface area (Å²) in [5.41, 5.74) is 9.32. The van der Waals surface area contributed by atoms with Crippen LogP contribution in [0.4, 0.5) is 0 Å². The second-order valence-corrected chi connectivity index (χ2v) is 14.2. The molecular weight excluding hydrogens is 657 g/mol. The maximum atomic E-state index is 5.47. The first-order valence-corrected chi connectivity index (χ1v) is 18.4. The van der Waals surface area contributed by atoms with Crippen molar-refractivity contribution in [3.8, 4) is 22.8 Å². The summed E-state index contributed by atoms with van der Waals surface area (Å²) in [5, 5.41) is 12.1. The molecule has 4 heteroatoms. The summed E-state index contributed by atoms with van der Waals surface area (Å²) in [6.07, 6.45) is 0. The number of rotatable bonds is 3. The van der Waals surface area contributed by atoms with E-state index < -0.39 is 0 Å². The van der Waals surface area contributed by atoms with Gasteiger partial charge < -0.3 is 4.57 Å². The number of fused-ring (bicyclic) bond motifs is 12. The van der Waals surface area contributed by atoms with Gasteiger partial charge in [-0.2, -0.15) is 0 Å². The molecule has 250 valence electrons. The van der Waals surface area contributed by atoms with Gasteiger partial charge in [0, 0.05) is 37.9 Å². The Hall–Kier alpha value is -7.30. The summed E-state index contributed by atoms with van der Waals surface area (Å²) in [6.45, 7) is 0. The molecule has 0 aliphatic carbocycles. The molecule has 0 N–H and O–H groups in total. The van der Waals surface area contributed by atoms with Crippen LogP contribution in [0.25, 0.3) is 110 Å². The standard InChI is InChI=1S/C50H30N4/c1-2-15-32(16-3-1)48-50(52-43-24-12-11-23-42(43)51-48)54-47-30-46-40(29-41(47)39-27-26-31-14-4-7-19-35(31)49(39)54)38-22-10-13-25-44(38)53(46)45-28-33-17-5-6-18-34(33)36-20-8-9-21-37(36)45/h1-30H. The molecule has 0 radical (unpaired) electrons. The van der Waals surface area contributed by atoms with Crippen molar-refractivity contribution < 1.29 is 0 Å². The van der Waals surface area contributed by atoms with E-state index >= 15 is 0 Å². The van der Waals surface area contributed by atoms with Crippen molar-refractivity contribution in [3.63, 3.8) is 0 Å². The molecule has 0 amide bonds. The minimum Gasteiger partial charge on any atom is -0.309 e. The molecule has 0 spiro atoms. The average molecular weight is 687 g/mol. The molecule has 0 aliphatic heterocycles. The minimum absolute atomic E-state index is 0.814. The molecule has 3 heterocycles. The van der Waals surface area contributed by atoms with Gasteiger partial charge in [-0.15, -0.1) is 0 Å². The van der Waals surface area contributed by atoms with Gasteiger partial charge in [-0.1, -0.05) is 146 Å². The summed E-state index contributed by atoms with van der Waals surface area (Å²) in [6, 6.07) is 65.4. The van der Waals surface area contributed by atoms with Crippen molar-refractivity contribution in [1.82, 2.24) is 19.1 Å². The molecule has 9 aromatic carbocycles. The van der Waals surface area contributed by atoms with Crippen LogP contribution in [0.15, 0.2) is 182 Å². The molecule has 0 fully saturated rings. The van der Waals surface area contributed by atoms with Crippen LogP contribution < -0.4 is 0 Å². The van der Waals surface area contributed by atoms with Crippen LogP contribution in [0.1, 0.15) is 0 Å². The number of aromatic nitrogens is 4. The van der Waals surface area contributed by atoms with Gasteiger partial charge in [-0.25, -0.2) is 9.97 Å². The van der Waals surface area contributed by atoms with Crippen molar-refractivity contribution in [2.24, 2.45) is 0 Å². The zero-order valence-electron chi connectivity index (χ0n) is 29.1. The van der Waals surface area contributed by atoms with Crippen molar-refractivity contribution in [2.45, 2.75) is 0 Å². The molecule has 0 unspecified atom stereocenters. The lowest BCUT2D eigenvalue weighted by atomic mass is 10.00. The Labute approximate surface area is 309 Å². The van der Waals surface area contributed by atoms with E-state index in [1.807, 2.05) is 12.1 Å². The topological polar surface area (TPSA) is 35.6 Å². The summed E-state index contributed by atoms with van der Waals surface area (Å²) in [7, 11) is 0. The van der Waals surface area contributed by atoms with E-state index in [1.165, 1.54) is 65.1 Å². The highest BCUT2D eigenvalue weighted by atomic mass is 15.1. The molecule has 0 saturated carbocycles. The summed E-state index contributed by atoms with van der Waals surface area (Å²) >= 11 is 0. The predicted octanol–water partition coefficient (Wildman–Crippen LogP) is 13.0. The van der Waals surface area contributed by atoms with Gasteiger partial charge in [-0.05, 0) is 57.9 Å². The summed E-state index contributed by atoms with van der Waals surface area (Å²) in [5.74, 6) is 0.814. The monoisotopic (exact) mass is 686 g/mol. The Kier molecular flexibility index (Phi) is 6.02. The highest BCUT2D eigenvalue weighted by Crippen LogP contribution is 2.44. The zero-order chi connectivity index (χ0) is 35.3. The second kappa shape index (κ2) is 11.1. The number of benzene rings is 9. The van der Waals surface area contributed by atoms with Crippen LogP contribution in [-0.4, -0.2) is 19.1 Å². The summed E-state index contributed by atoms with van der Waals surface area (Å²) < 4.78 is 4.86. The molecule has 3 aromatic heterocycles. The highest BCUT2D eigenvalue weighted by Gasteiger charge is 2.24. The van der Waals surface area contributed by atoms with Crippen LogP contribution >= 0.6 is 0 Å². The Morgan fingerprint density at radius 3 is 1.78 bits per heavy atom. The first-order chi connectivity index (χ1) is 26.8. The quantitative estimate of drug-likeness (QED) is 0.173. The fourth-order valence-corrected chi connectivity index (χ4v) is 8.87. The van der Waals surface area contributed by atoms with Crippen molar-refractivity contribution in [2.75, 3.05) is 0 Å². The largest absolute Gasteiger partial charge is 0.309 e. The SMILES string of the molecule is c1ccc(-c2nc3ccccc3nc2-n2c3cc4c(cc3c3ccc5ccccc5c32)c2ccccc2n4-c2cc3ccccc3c3ccccc23)cc1. The Bertz CT molecular complexity index is 3500. The molecule has 54 heavy (non-hydrogen) atoms. The molecular formula is C50H30N4. The molecule has 0 saturated heterocycles. The van der Waals surface area contributed by atoms with E-state index in [0.29, 0.717) is 0 Å². The fourth-order valence-electron chi connectivity index (χ4n) is 8.87. The normalized spacial score (nSPS) is 12.1. The van der Waals surface area contributed by atoms with Gasteiger partial charge in [0.25, 0.3) is 0 Å². The number of hydrogen-bond donors (Lipinski definition) is 0. The van der Waals surface area contributed by atoms with Crippen molar-refractivity contribution in [1.29, 1.82) is 0 Å². The van der Waals surface area contributed by atoms with E-state index in [1.54, 1.807) is 0 Å². The summed E-state index contributed by atoms with van der Waals surface area (Å²) in [4.78, 5) is 10.8. The molecule has 0 aliphatic rings. The average Bonchev–Trinajstić information content (AvgIpc) is 3.74. The molecule has 0 atom stereocenters. The van der Waals surface area contributed by atoms with E-state index in [0.717, 1.165) is 44.7 Å². The lowest BCUT2D eigenvalue weighted by Crippen LogP contribution is -2.04.